The minimum Gasteiger partial charge on any atom is -0.411 e. The molecule has 0 unspecified atom stereocenters. The summed E-state index contributed by atoms with van der Waals surface area (Å²) in [6.45, 7) is 1.90. The molecule has 0 atom stereocenters. The molecule has 3 N–H and O–H groups in total. The van der Waals surface area contributed by atoms with Gasteiger partial charge in [-0.1, -0.05) is 19.8 Å². The largest absolute Gasteiger partial charge is 0.411 e. The van der Waals surface area contributed by atoms with E-state index in [9.17, 15) is 0 Å². The first-order valence-corrected chi connectivity index (χ1v) is 4.21. The lowest BCUT2D eigenvalue weighted by molar-refractivity contribution is 0.186. The van der Waals surface area contributed by atoms with Gasteiger partial charge in [-0.3, -0.25) is 0 Å². The van der Waals surface area contributed by atoms with Crippen molar-refractivity contribution in [2.24, 2.45) is 5.16 Å². The Hall–Kier alpha value is -0.610. The van der Waals surface area contributed by atoms with Crippen LogP contribution in [-0.4, -0.2) is 34.8 Å². The lowest BCUT2D eigenvalue weighted by Gasteiger charge is -1.87. The highest BCUT2D eigenvalue weighted by Gasteiger charge is 1.80. The summed E-state index contributed by atoms with van der Waals surface area (Å²) in [4.78, 5) is 0. The zero-order valence-corrected chi connectivity index (χ0v) is 7.61. The highest BCUT2D eigenvalue weighted by molar-refractivity contribution is 5.55. The van der Waals surface area contributed by atoms with E-state index in [2.05, 4.69) is 12.1 Å². The third-order valence-corrected chi connectivity index (χ3v) is 1.12. The molecule has 0 saturated carbocycles. The average molecular weight is 177 g/mol. The van der Waals surface area contributed by atoms with Crippen LogP contribution in [0.5, 0.6) is 0 Å². The first kappa shape index (κ1) is 13.9. The molecule has 0 fully saturated rings. The first-order chi connectivity index (χ1) is 5.83. The number of hydrogen-bond donors (Lipinski definition) is 3. The molecule has 74 valence electrons. The molecule has 0 aliphatic carbocycles. The fraction of sp³-hybridized carbons (Fsp3) is 0.875. The summed E-state index contributed by atoms with van der Waals surface area (Å²) >= 11 is 0. The van der Waals surface area contributed by atoms with Crippen LogP contribution in [0, 0.1) is 0 Å². The van der Waals surface area contributed by atoms with Crippen LogP contribution in [0.1, 0.15) is 32.6 Å². The van der Waals surface area contributed by atoms with E-state index in [0.717, 1.165) is 12.8 Å². The van der Waals surface area contributed by atoms with Gasteiger partial charge in [0.25, 0.3) is 0 Å². The van der Waals surface area contributed by atoms with Gasteiger partial charge in [0.05, 0.1) is 13.2 Å². The van der Waals surface area contributed by atoms with E-state index < -0.39 is 0 Å². The molecule has 0 aromatic rings. The van der Waals surface area contributed by atoms with Crippen molar-refractivity contribution in [3.8, 4) is 0 Å². The molecule has 4 nitrogen and oxygen atoms in total. The van der Waals surface area contributed by atoms with Crippen LogP contribution in [0.3, 0.4) is 0 Å². The summed E-state index contributed by atoms with van der Waals surface area (Å²) < 4.78 is 0. The zero-order chi connectivity index (χ0) is 9.66. The molecular weight excluding hydrogens is 158 g/mol. The fourth-order valence-corrected chi connectivity index (χ4v) is 0.543. The lowest BCUT2D eigenvalue weighted by Crippen LogP contribution is -1.85. The SMILES string of the molecule is CCCCCC=NO.OCCO. The average Bonchev–Trinajstić information content (AvgIpc) is 2.13. The lowest BCUT2D eigenvalue weighted by atomic mass is 10.2. The molecular formula is C8H19NO3. The van der Waals surface area contributed by atoms with Crippen molar-refractivity contribution in [2.75, 3.05) is 13.2 Å². The molecule has 0 aromatic carbocycles. The number of aliphatic hydroxyl groups is 2. The van der Waals surface area contributed by atoms with Gasteiger partial charge in [0.15, 0.2) is 0 Å². The monoisotopic (exact) mass is 177 g/mol. The van der Waals surface area contributed by atoms with Crippen LogP contribution in [0.25, 0.3) is 0 Å². The van der Waals surface area contributed by atoms with E-state index in [1.807, 2.05) is 0 Å². The summed E-state index contributed by atoms with van der Waals surface area (Å²) in [5, 5.41) is 26.1. The quantitative estimate of drug-likeness (QED) is 0.254. The third-order valence-electron chi connectivity index (χ3n) is 1.12. The Kier molecular flexibility index (Phi) is 19.5. The van der Waals surface area contributed by atoms with Crippen LogP contribution in [0.2, 0.25) is 0 Å². The Morgan fingerprint density at radius 3 is 2.08 bits per heavy atom. The molecule has 0 bridgehead atoms. The second-order valence-corrected chi connectivity index (χ2v) is 2.24. The molecule has 12 heavy (non-hydrogen) atoms. The van der Waals surface area contributed by atoms with Crippen LogP contribution in [0.15, 0.2) is 5.16 Å². The zero-order valence-electron chi connectivity index (χ0n) is 7.61. The highest BCUT2D eigenvalue weighted by atomic mass is 16.4. The standard InChI is InChI=1S/C6H13NO.C2H6O2/c1-2-3-4-5-6-7-8;3-1-2-4/h6,8H,2-5H2,1H3;3-4H,1-2H2. The third kappa shape index (κ3) is 22.8. The number of unbranched alkanes of at least 4 members (excludes halogenated alkanes) is 3. The maximum atomic E-state index is 7.94. The van der Waals surface area contributed by atoms with E-state index in [0.29, 0.717) is 0 Å². The summed E-state index contributed by atoms with van der Waals surface area (Å²) in [5.41, 5.74) is 0. The summed E-state index contributed by atoms with van der Waals surface area (Å²) in [6.07, 6.45) is 6.03. The van der Waals surface area contributed by atoms with Crippen LogP contribution in [0.4, 0.5) is 0 Å². The second-order valence-electron chi connectivity index (χ2n) is 2.24. The number of aliphatic hydroxyl groups excluding tert-OH is 2. The Balaban J connectivity index is 0. The molecule has 0 radical (unpaired) electrons. The highest BCUT2D eigenvalue weighted by Crippen LogP contribution is 1.95. The minimum absolute atomic E-state index is 0.125. The van der Waals surface area contributed by atoms with Crippen molar-refractivity contribution in [2.45, 2.75) is 32.6 Å². The molecule has 0 aliphatic heterocycles. The molecule has 0 rings (SSSR count). The molecule has 0 amide bonds. The molecule has 0 aliphatic rings. The first-order valence-electron chi connectivity index (χ1n) is 4.21. The van der Waals surface area contributed by atoms with E-state index in [4.69, 9.17) is 15.4 Å². The number of nitrogens with zero attached hydrogens (tertiary/aromatic N) is 1. The molecule has 0 spiro atoms. The van der Waals surface area contributed by atoms with Gasteiger partial charge in [-0.25, -0.2) is 0 Å². The van der Waals surface area contributed by atoms with Crippen molar-refractivity contribution < 1.29 is 15.4 Å². The van der Waals surface area contributed by atoms with Crippen molar-refractivity contribution in [3.05, 3.63) is 0 Å². The fourth-order valence-electron chi connectivity index (χ4n) is 0.543. The maximum absolute atomic E-state index is 7.94. The molecule has 0 saturated heterocycles. The smallest absolute Gasteiger partial charge is 0.0662 e. The van der Waals surface area contributed by atoms with Crippen LogP contribution >= 0.6 is 0 Å². The van der Waals surface area contributed by atoms with E-state index in [1.165, 1.54) is 19.1 Å². The van der Waals surface area contributed by atoms with Gasteiger partial charge in [-0.05, 0) is 12.8 Å². The Bertz CT molecular complexity index is 84.4. The van der Waals surface area contributed by atoms with Gasteiger partial charge in [0.1, 0.15) is 0 Å². The van der Waals surface area contributed by atoms with E-state index >= 15 is 0 Å². The van der Waals surface area contributed by atoms with Crippen molar-refractivity contribution in [3.63, 3.8) is 0 Å². The van der Waals surface area contributed by atoms with Crippen molar-refractivity contribution >= 4 is 6.21 Å². The van der Waals surface area contributed by atoms with Gasteiger partial charge in [0, 0.05) is 6.21 Å². The number of oxime groups is 1. The Labute approximate surface area is 73.5 Å². The minimum atomic E-state index is -0.125. The van der Waals surface area contributed by atoms with Gasteiger partial charge >= 0.3 is 0 Å². The van der Waals surface area contributed by atoms with Crippen LogP contribution < -0.4 is 0 Å². The predicted octanol–water partition coefficient (Wildman–Crippen LogP) is 0.998. The normalized spacial score (nSPS) is 9.58. The van der Waals surface area contributed by atoms with Gasteiger partial charge < -0.3 is 15.4 Å². The molecule has 0 heterocycles. The van der Waals surface area contributed by atoms with Gasteiger partial charge in [-0.15, -0.1) is 5.16 Å². The summed E-state index contributed by atoms with van der Waals surface area (Å²) in [6, 6.07) is 0. The maximum Gasteiger partial charge on any atom is 0.0662 e. The summed E-state index contributed by atoms with van der Waals surface area (Å²) in [7, 11) is 0. The summed E-state index contributed by atoms with van der Waals surface area (Å²) in [5.74, 6) is 0. The van der Waals surface area contributed by atoms with E-state index in [-0.39, 0.29) is 13.2 Å². The predicted molar refractivity (Wildman–Crippen MR) is 48.6 cm³/mol. The molecule has 0 aromatic heterocycles. The Morgan fingerprint density at radius 2 is 1.75 bits per heavy atom. The van der Waals surface area contributed by atoms with Gasteiger partial charge in [0.2, 0.25) is 0 Å². The Morgan fingerprint density at radius 1 is 1.17 bits per heavy atom. The molecule has 4 heteroatoms. The van der Waals surface area contributed by atoms with E-state index in [1.54, 1.807) is 0 Å². The number of hydrogen-bond acceptors (Lipinski definition) is 4. The second kappa shape index (κ2) is 16.8. The topological polar surface area (TPSA) is 73.1 Å². The number of rotatable bonds is 5. The van der Waals surface area contributed by atoms with Crippen LogP contribution in [-0.2, 0) is 0 Å². The van der Waals surface area contributed by atoms with Crippen molar-refractivity contribution in [1.29, 1.82) is 0 Å². The van der Waals surface area contributed by atoms with Gasteiger partial charge in [-0.2, -0.15) is 0 Å². The van der Waals surface area contributed by atoms with Crippen molar-refractivity contribution in [1.82, 2.24) is 0 Å².